The van der Waals surface area contributed by atoms with Crippen LogP contribution < -0.4 is 0 Å². The van der Waals surface area contributed by atoms with Crippen molar-refractivity contribution in [1.82, 2.24) is 9.80 Å². The fourth-order valence-electron chi connectivity index (χ4n) is 3.22. The van der Waals surface area contributed by atoms with Crippen molar-refractivity contribution in [3.63, 3.8) is 0 Å². The quantitative estimate of drug-likeness (QED) is 0.690. The summed E-state index contributed by atoms with van der Waals surface area (Å²) in [4.78, 5) is 28.0. The van der Waals surface area contributed by atoms with Crippen LogP contribution in [0.5, 0.6) is 0 Å². The predicted octanol–water partition coefficient (Wildman–Crippen LogP) is 1.35. The summed E-state index contributed by atoms with van der Waals surface area (Å²) in [6, 6.07) is -0.00264. The van der Waals surface area contributed by atoms with Gasteiger partial charge in [0.2, 0.25) is 0 Å². The Bertz CT molecular complexity index is 605. The Kier molecular flexibility index (Phi) is 5.98. The summed E-state index contributed by atoms with van der Waals surface area (Å²) in [5.74, 6) is -0.271. The number of likely N-dealkylation sites (tertiary alicyclic amines) is 2. The highest BCUT2D eigenvalue weighted by Gasteiger charge is 2.37. The molecule has 9 heteroatoms. The molecule has 2 rings (SSSR count). The summed E-state index contributed by atoms with van der Waals surface area (Å²) in [6.07, 6.45) is 2.12. The number of carbonyl (C=O) groups excluding carboxylic acids is 2. The summed E-state index contributed by atoms with van der Waals surface area (Å²) in [7, 11) is -3.67. The molecule has 0 aliphatic carbocycles. The van der Waals surface area contributed by atoms with Crippen molar-refractivity contribution < 1.29 is 26.9 Å². The van der Waals surface area contributed by atoms with Gasteiger partial charge in [-0.3, -0.25) is 8.98 Å². The van der Waals surface area contributed by atoms with Gasteiger partial charge in [0.15, 0.2) is 6.10 Å². The molecule has 2 aliphatic heterocycles. The minimum Gasteiger partial charge on any atom is -0.444 e. The zero-order chi connectivity index (χ0) is 18.8. The third kappa shape index (κ3) is 5.85. The van der Waals surface area contributed by atoms with E-state index in [0.717, 1.165) is 6.26 Å². The van der Waals surface area contributed by atoms with Crippen molar-refractivity contribution in [3.8, 4) is 0 Å². The highest BCUT2D eigenvalue weighted by atomic mass is 32.2. The smallest absolute Gasteiger partial charge is 0.410 e. The molecule has 0 aromatic heterocycles. The molecule has 2 amide bonds. The molecule has 0 saturated carbocycles. The van der Waals surface area contributed by atoms with Crippen LogP contribution in [0.2, 0.25) is 0 Å². The van der Waals surface area contributed by atoms with Gasteiger partial charge in [0.05, 0.1) is 6.26 Å². The molecule has 25 heavy (non-hydrogen) atoms. The monoisotopic (exact) mass is 376 g/mol. The molecular formula is C16H28N2O6S. The van der Waals surface area contributed by atoms with Crippen LogP contribution in [0, 0.1) is 0 Å². The van der Waals surface area contributed by atoms with E-state index in [1.807, 2.05) is 20.8 Å². The lowest BCUT2D eigenvalue weighted by Gasteiger charge is -2.41. The van der Waals surface area contributed by atoms with E-state index < -0.39 is 21.8 Å². The van der Waals surface area contributed by atoms with E-state index in [-0.39, 0.29) is 18.0 Å². The zero-order valence-electron chi connectivity index (χ0n) is 15.4. The number of rotatable bonds is 3. The maximum atomic E-state index is 12.5. The van der Waals surface area contributed by atoms with E-state index >= 15 is 0 Å². The van der Waals surface area contributed by atoms with Crippen LogP contribution in [-0.2, 0) is 23.8 Å². The van der Waals surface area contributed by atoms with Gasteiger partial charge in [-0.25, -0.2) is 4.79 Å². The third-order valence-electron chi connectivity index (χ3n) is 4.27. The number of carbonyl (C=O) groups is 2. The number of hydrogen-bond acceptors (Lipinski definition) is 6. The third-order valence-corrected chi connectivity index (χ3v) is 4.85. The molecule has 2 saturated heterocycles. The molecule has 0 radical (unpaired) electrons. The van der Waals surface area contributed by atoms with Crippen LogP contribution in [-0.4, -0.2) is 73.9 Å². The molecule has 2 aliphatic rings. The van der Waals surface area contributed by atoms with Crippen LogP contribution >= 0.6 is 0 Å². The summed E-state index contributed by atoms with van der Waals surface area (Å²) in [6.45, 7) is 7.10. The summed E-state index contributed by atoms with van der Waals surface area (Å²) in [5, 5.41) is 0. The van der Waals surface area contributed by atoms with Gasteiger partial charge in [0, 0.05) is 25.7 Å². The van der Waals surface area contributed by atoms with Crippen LogP contribution in [0.15, 0.2) is 0 Å². The minimum atomic E-state index is -3.67. The van der Waals surface area contributed by atoms with Gasteiger partial charge in [-0.05, 0) is 46.5 Å². The first-order valence-electron chi connectivity index (χ1n) is 8.63. The Hall–Kier alpha value is -1.35. The van der Waals surface area contributed by atoms with Gasteiger partial charge in [0.1, 0.15) is 5.60 Å². The minimum absolute atomic E-state index is 0.00264. The van der Waals surface area contributed by atoms with Crippen molar-refractivity contribution in [2.24, 2.45) is 0 Å². The summed E-state index contributed by atoms with van der Waals surface area (Å²) in [5.41, 5.74) is -0.535. The van der Waals surface area contributed by atoms with Crippen LogP contribution in [0.1, 0.15) is 46.5 Å². The second-order valence-electron chi connectivity index (χ2n) is 7.66. The highest BCUT2D eigenvalue weighted by molar-refractivity contribution is 7.86. The first-order chi connectivity index (χ1) is 11.5. The average molecular weight is 376 g/mol. The molecule has 144 valence electrons. The SMILES string of the molecule is CC(C)(C)OC(=O)N1CCC(N2CCC[C@@H](OS(C)(=O)=O)C2=O)CC1. The van der Waals surface area contributed by atoms with Gasteiger partial charge < -0.3 is 14.5 Å². The molecule has 0 unspecified atom stereocenters. The second-order valence-corrected chi connectivity index (χ2v) is 9.26. The molecule has 0 spiro atoms. The normalized spacial score (nSPS) is 23.7. The first-order valence-corrected chi connectivity index (χ1v) is 10.4. The number of nitrogens with zero attached hydrogens (tertiary/aromatic N) is 2. The van der Waals surface area contributed by atoms with E-state index in [9.17, 15) is 18.0 Å². The molecule has 2 heterocycles. The fraction of sp³-hybridized carbons (Fsp3) is 0.875. The molecule has 1 atom stereocenters. The Morgan fingerprint density at radius 3 is 2.24 bits per heavy atom. The maximum absolute atomic E-state index is 12.5. The zero-order valence-corrected chi connectivity index (χ0v) is 16.2. The van der Waals surface area contributed by atoms with E-state index in [1.165, 1.54) is 0 Å². The number of piperidine rings is 2. The van der Waals surface area contributed by atoms with Crippen molar-refractivity contribution in [2.75, 3.05) is 25.9 Å². The Balaban J connectivity index is 1.91. The summed E-state index contributed by atoms with van der Waals surface area (Å²) >= 11 is 0. The molecular weight excluding hydrogens is 348 g/mol. The van der Waals surface area contributed by atoms with Crippen molar-refractivity contribution in [2.45, 2.75) is 64.2 Å². The van der Waals surface area contributed by atoms with Gasteiger partial charge in [-0.15, -0.1) is 0 Å². The van der Waals surface area contributed by atoms with Crippen LogP contribution in [0.25, 0.3) is 0 Å². The lowest BCUT2D eigenvalue weighted by atomic mass is 9.98. The van der Waals surface area contributed by atoms with Gasteiger partial charge in [0.25, 0.3) is 16.0 Å². The Morgan fingerprint density at radius 2 is 1.72 bits per heavy atom. The van der Waals surface area contributed by atoms with Gasteiger partial charge in [-0.2, -0.15) is 8.42 Å². The topological polar surface area (TPSA) is 93.2 Å². The molecule has 0 bridgehead atoms. The molecule has 0 N–H and O–H groups in total. The number of amides is 2. The molecule has 0 aromatic rings. The highest BCUT2D eigenvalue weighted by Crippen LogP contribution is 2.25. The van der Waals surface area contributed by atoms with Gasteiger partial charge >= 0.3 is 6.09 Å². The van der Waals surface area contributed by atoms with E-state index in [2.05, 4.69) is 0 Å². The average Bonchev–Trinajstić information content (AvgIpc) is 2.46. The lowest BCUT2D eigenvalue weighted by Crippen LogP contribution is -2.54. The standard InChI is InChI=1S/C16H28N2O6S/c1-16(2,3)23-15(20)17-10-7-12(8-11-17)18-9-5-6-13(14(18)19)24-25(4,21)22/h12-13H,5-11H2,1-4H3/t13-/m1/s1. The van der Waals surface area contributed by atoms with Crippen LogP contribution in [0.3, 0.4) is 0 Å². The number of hydrogen-bond donors (Lipinski definition) is 0. The molecule has 0 aromatic carbocycles. The summed E-state index contributed by atoms with van der Waals surface area (Å²) < 4.78 is 32.9. The molecule has 8 nitrogen and oxygen atoms in total. The Morgan fingerprint density at radius 1 is 1.12 bits per heavy atom. The largest absolute Gasteiger partial charge is 0.444 e. The second kappa shape index (κ2) is 7.49. The van der Waals surface area contributed by atoms with Crippen LogP contribution in [0.4, 0.5) is 4.79 Å². The van der Waals surface area contributed by atoms with E-state index in [0.29, 0.717) is 45.3 Å². The fourth-order valence-corrected chi connectivity index (χ4v) is 3.82. The lowest BCUT2D eigenvalue weighted by molar-refractivity contribution is -0.145. The first kappa shape index (κ1) is 20.0. The van der Waals surface area contributed by atoms with Crippen molar-refractivity contribution in [3.05, 3.63) is 0 Å². The van der Waals surface area contributed by atoms with E-state index in [4.69, 9.17) is 8.92 Å². The molecule has 2 fully saturated rings. The van der Waals surface area contributed by atoms with E-state index in [1.54, 1.807) is 9.80 Å². The van der Waals surface area contributed by atoms with Crippen molar-refractivity contribution in [1.29, 1.82) is 0 Å². The Labute approximate surface area is 149 Å². The maximum Gasteiger partial charge on any atom is 0.410 e. The van der Waals surface area contributed by atoms with Gasteiger partial charge in [-0.1, -0.05) is 0 Å². The van der Waals surface area contributed by atoms with Crippen molar-refractivity contribution >= 4 is 22.1 Å². The number of ether oxygens (including phenoxy) is 1. The predicted molar refractivity (Wildman–Crippen MR) is 91.5 cm³/mol.